The summed E-state index contributed by atoms with van der Waals surface area (Å²) in [5.41, 5.74) is 3.32. The second-order valence-electron chi connectivity index (χ2n) is 8.45. The summed E-state index contributed by atoms with van der Waals surface area (Å²) in [4.78, 5) is 27.3. The summed E-state index contributed by atoms with van der Waals surface area (Å²) >= 11 is 6.41. The molecule has 7 nitrogen and oxygen atoms in total. The fraction of sp³-hybridized carbons (Fsp3) is 0.250. The minimum atomic E-state index is -1.06. The minimum Gasteiger partial charge on any atom is -0.497 e. The molecule has 0 bridgehead atoms. The molecule has 4 rings (SSSR count). The van der Waals surface area contributed by atoms with Crippen molar-refractivity contribution in [3.63, 3.8) is 0 Å². The highest BCUT2D eigenvalue weighted by molar-refractivity contribution is 6.31. The molecular weight excluding hydrogens is 480 g/mol. The zero-order valence-corrected chi connectivity index (χ0v) is 20.7. The highest BCUT2D eigenvalue weighted by atomic mass is 35.5. The van der Waals surface area contributed by atoms with Gasteiger partial charge in [0.25, 0.3) is 5.91 Å². The molecule has 1 amide bonds. The Bertz CT molecular complexity index is 1350. The Morgan fingerprint density at radius 1 is 1.08 bits per heavy atom. The van der Waals surface area contributed by atoms with Crippen LogP contribution in [0.3, 0.4) is 0 Å². The maximum absolute atomic E-state index is 13.8. The number of carboxylic acids is 1. The lowest BCUT2D eigenvalue weighted by Gasteiger charge is -2.30. The third kappa shape index (κ3) is 4.73. The van der Waals surface area contributed by atoms with Crippen molar-refractivity contribution in [3.8, 4) is 28.7 Å². The Hall–Kier alpha value is -4.02. The molecule has 0 saturated carbocycles. The van der Waals surface area contributed by atoms with E-state index < -0.39 is 24.0 Å². The number of methoxy groups -OCH3 is 2. The van der Waals surface area contributed by atoms with E-state index in [1.807, 2.05) is 18.2 Å². The Morgan fingerprint density at radius 2 is 1.86 bits per heavy atom. The van der Waals surface area contributed by atoms with Gasteiger partial charge in [-0.1, -0.05) is 41.9 Å². The molecule has 1 heterocycles. The van der Waals surface area contributed by atoms with Crippen LogP contribution in [0.5, 0.6) is 11.5 Å². The van der Waals surface area contributed by atoms with Crippen molar-refractivity contribution in [2.24, 2.45) is 0 Å². The van der Waals surface area contributed by atoms with E-state index in [0.29, 0.717) is 34.9 Å². The largest absolute Gasteiger partial charge is 0.497 e. The number of likely N-dealkylation sites (tertiary alicyclic amines) is 1. The van der Waals surface area contributed by atoms with Crippen LogP contribution in [0.1, 0.15) is 40.4 Å². The van der Waals surface area contributed by atoms with E-state index in [0.717, 1.165) is 16.7 Å². The van der Waals surface area contributed by atoms with Gasteiger partial charge in [0.15, 0.2) is 0 Å². The molecule has 0 radical (unpaired) electrons. The Balaban J connectivity index is 1.76. The normalized spacial score (nSPS) is 16.9. The summed E-state index contributed by atoms with van der Waals surface area (Å²) in [6.45, 7) is 0. The molecule has 184 valence electrons. The van der Waals surface area contributed by atoms with Gasteiger partial charge in [-0.3, -0.25) is 4.79 Å². The number of carboxylic acid groups (broad SMARTS) is 1. The first-order valence-corrected chi connectivity index (χ1v) is 11.8. The predicted molar refractivity (Wildman–Crippen MR) is 135 cm³/mol. The molecule has 1 aliphatic heterocycles. The molecule has 1 aliphatic rings. The molecule has 0 spiro atoms. The molecule has 8 heteroatoms. The first kappa shape index (κ1) is 25.1. The number of amides is 1. The van der Waals surface area contributed by atoms with Gasteiger partial charge < -0.3 is 19.5 Å². The Labute approximate surface area is 214 Å². The van der Waals surface area contributed by atoms with Crippen molar-refractivity contribution in [2.45, 2.75) is 31.3 Å². The number of aliphatic carboxylic acids is 1. The van der Waals surface area contributed by atoms with E-state index in [9.17, 15) is 20.0 Å². The van der Waals surface area contributed by atoms with Crippen LogP contribution in [0.15, 0.2) is 60.7 Å². The molecule has 0 aliphatic carbocycles. The van der Waals surface area contributed by atoms with Crippen LogP contribution in [0.2, 0.25) is 5.02 Å². The van der Waals surface area contributed by atoms with Crippen molar-refractivity contribution < 1.29 is 24.2 Å². The molecule has 36 heavy (non-hydrogen) atoms. The van der Waals surface area contributed by atoms with E-state index in [2.05, 4.69) is 6.07 Å². The van der Waals surface area contributed by atoms with Crippen LogP contribution in [0.25, 0.3) is 11.1 Å². The van der Waals surface area contributed by atoms with Crippen LogP contribution in [0.4, 0.5) is 0 Å². The van der Waals surface area contributed by atoms with Crippen LogP contribution in [-0.2, 0) is 11.2 Å². The lowest BCUT2D eigenvalue weighted by Crippen LogP contribution is -2.42. The second kappa shape index (κ2) is 10.7. The number of hydrogen-bond acceptors (Lipinski definition) is 5. The third-order valence-corrected chi connectivity index (χ3v) is 6.84. The first-order valence-electron chi connectivity index (χ1n) is 11.4. The quantitative estimate of drug-likeness (QED) is 0.454. The molecule has 3 aromatic carbocycles. The summed E-state index contributed by atoms with van der Waals surface area (Å²) in [5, 5.41) is 19.6. The van der Waals surface area contributed by atoms with Gasteiger partial charge in [0.2, 0.25) is 0 Å². The number of benzene rings is 3. The zero-order chi connectivity index (χ0) is 25.8. The lowest BCUT2D eigenvalue weighted by atomic mass is 9.96. The highest BCUT2D eigenvalue weighted by Gasteiger charge is 2.43. The van der Waals surface area contributed by atoms with E-state index >= 15 is 0 Å². The molecule has 1 saturated heterocycles. The van der Waals surface area contributed by atoms with E-state index in [-0.39, 0.29) is 12.0 Å². The average Bonchev–Trinajstić information content (AvgIpc) is 3.33. The van der Waals surface area contributed by atoms with Gasteiger partial charge in [0, 0.05) is 5.02 Å². The van der Waals surface area contributed by atoms with Crippen LogP contribution in [-0.4, -0.2) is 42.1 Å². The number of hydrogen-bond donors (Lipinski definition) is 1. The van der Waals surface area contributed by atoms with Crippen molar-refractivity contribution in [1.29, 1.82) is 5.26 Å². The van der Waals surface area contributed by atoms with Crippen molar-refractivity contribution in [1.82, 2.24) is 4.90 Å². The molecule has 1 N–H and O–H groups in total. The SMILES string of the molecule is COc1ccc(-c2ccc(C(=O)N3[C@@H](c4ccccc4Cl)CC[C@H]3C(=O)O)c(OC)c2)c(CC#N)c1. The number of carbonyl (C=O) groups is 2. The first-order chi connectivity index (χ1) is 17.4. The smallest absolute Gasteiger partial charge is 0.326 e. The Kier molecular flexibility index (Phi) is 7.47. The summed E-state index contributed by atoms with van der Waals surface area (Å²) in [5.74, 6) is -0.555. The van der Waals surface area contributed by atoms with Crippen molar-refractivity contribution in [2.75, 3.05) is 14.2 Å². The number of rotatable bonds is 7. The Morgan fingerprint density at radius 3 is 2.53 bits per heavy atom. The maximum Gasteiger partial charge on any atom is 0.326 e. The van der Waals surface area contributed by atoms with Crippen LogP contribution < -0.4 is 9.47 Å². The standard InChI is InChI=1S/C28H25ClN2O5/c1-35-19-8-10-20(18(15-19)13-14-30)17-7-9-22(26(16-17)36-2)27(32)31-24(11-12-25(31)28(33)34)21-5-3-4-6-23(21)29/h3-10,15-16,24-25H,11-13H2,1-2H3,(H,33,34)/t24-,25+/m1/s1. The van der Waals surface area contributed by atoms with Crippen molar-refractivity contribution in [3.05, 3.63) is 82.4 Å². The molecule has 3 aromatic rings. The summed E-state index contributed by atoms with van der Waals surface area (Å²) in [7, 11) is 3.03. The van der Waals surface area contributed by atoms with Gasteiger partial charge in [-0.2, -0.15) is 5.26 Å². The lowest BCUT2D eigenvalue weighted by molar-refractivity contribution is -0.141. The van der Waals surface area contributed by atoms with Gasteiger partial charge in [0.1, 0.15) is 17.5 Å². The van der Waals surface area contributed by atoms with E-state index in [1.54, 1.807) is 49.6 Å². The van der Waals surface area contributed by atoms with Crippen LogP contribution >= 0.6 is 11.6 Å². The summed E-state index contributed by atoms with van der Waals surface area (Å²) in [6, 6.07) is 18.5. The fourth-order valence-electron chi connectivity index (χ4n) is 4.77. The number of nitrogens with zero attached hydrogens (tertiary/aromatic N) is 2. The minimum absolute atomic E-state index is 0.184. The number of halogens is 1. The molecule has 2 atom stereocenters. The van der Waals surface area contributed by atoms with Gasteiger partial charge in [-0.15, -0.1) is 0 Å². The molecular formula is C28H25ClN2O5. The fourth-order valence-corrected chi connectivity index (χ4v) is 5.03. The van der Waals surface area contributed by atoms with Crippen LogP contribution in [0, 0.1) is 11.3 Å². The monoisotopic (exact) mass is 504 g/mol. The molecule has 0 aromatic heterocycles. The number of carbonyl (C=O) groups excluding carboxylic acids is 1. The third-order valence-electron chi connectivity index (χ3n) is 6.49. The van der Waals surface area contributed by atoms with Gasteiger partial charge in [-0.05, 0) is 65.4 Å². The molecule has 0 unspecified atom stereocenters. The number of nitriles is 1. The van der Waals surface area contributed by atoms with Gasteiger partial charge >= 0.3 is 5.97 Å². The van der Waals surface area contributed by atoms with Crippen molar-refractivity contribution >= 4 is 23.5 Å². The van der Waals surface area contributed by atoms with Gasteiger partial charge in [0.05, 0.1) is 38.3 Å². The summed E-state index contributed by atoms with van der Waals surface area (Å²) in [6.07, 6.45) is 0.986. The summed E-state index contributed by atoms with van der Waals surface area (Å²) < 4.78 is 10.9. The maximum atomic E-state index is 13.8. The molecule has 1 fully saturated rings. The zero-order valence-electron chi connectivity index (χ0n) is 19.9. The predicted octanol–water partition coefficient (Wildman–Crippen LogP) is 5.52. The van der Waals surface area contributed by atoms with E-state index in [4.69, 9.17) is 21.1 Å². The highest BCUT2D eigenvalue weighted by Crippen LogP contribution is 2.41. The average molecular weight is 505 g/mol. The second-order valence-corrected chi connectivity index (χ2v) is 8.86. The van der Waals surface area contributed by atoms with E-state index in [1.165, 1.54) is 12.0 Å². The topological polar surface area (TPSA) is 99.9 Å². The van der Waals surface area contributed by atoms with Gasteiger partial charge in [-0.25, -0.2) is 4.79 Å². The number of ether oxygens (including phenoxy) is 2.